The average molecular weight is 996 g/mol. The van der Waals surface area contributed by atoms with Crippen LogP contribution in [-0.4, -0.2) is 9.97 Å². The molecule has 4 aromatic carbocycles. The summed E-state index contributed by atoms with van der Waals surface area (Å²) in [4.78, 5) is 11.2. The van der Waals surface area contributed by atoms with Gasteiger partial charge in [0, 0.05) is 34.0 Å². The lowest BCUT2D eigenvalue weighted by Gasteiger charge is -2.08. The molecule has 65 heavy (non-hydrogen) atoms. The van der Waals surface area contributed by atoms with Crippen LogP contribution in [0.5, 0.6) is 11.5 Å². The van der Waals surface area contributed by atoms with Crippen molar-refractivity contribution in [1.82, 2.24) is 9.97 Å². The second-order valence-electron chi connectivity index (χ2n) is 13.9. The van der Waals surface area contributed by atoms with Gasteiger partial charge < -0.3 is 9.47 Å². The van der Waals surface area contributed by atoms with Crippen LogP contribution >= 0.6 is 57.5 Å². The lowest BCUT2D eigenvalue weighted by molar-refractivity contribution is -0.138. The molecule has 6 rings (SSSR count). The minimum absolute atomic E-state index is 0. The molecule has 6 aromatic rings. The summed E-state index contributed by atoms with van der Waals surface area (Å²) in [5.74, 6) is 1.53. The Hall–Kier alpha value is -4.83. The van der Waals surface area contributed by atoms with Gasteiger partial charge in [0.25, 0.3) is 0 Å². The molecule has 346 valence electrons. The highest BCUT2D eigenvalue weighted by Crippen LogP contribution is 2.36. The zero-order valence-corrected chi connectivity index (χ0v) is 38.9. The number of nitriles is 2. The van der Waals surface area contributed by atoms with Gasteiger partial charge in [-0.1, -0.05) is 93.7 Å². The van der Waals surface area contributed by atoms with Crippen LogP contribution < -0.4 is 9.47 Å². The Morgan fingerprint density at radius 3 is 1.34 bits per heavy atom. The molecule has 2 aromatic heterocycles. The van der Waals surface area contributed by atoms with Gasteiger partial charge in [-0.3, -0.25) is 0 Å². The Morgan fingerprint density at radius 2 is 1.02 bits per heavy atom. The molecule has 6 nitrogen and oxygen atoms in total. The van der Waals surface area contributed by atoms with Crippen molar-refractivity contribution in [3.05, 3.63) is 138 Å². The molecule has 0 radical (unpaired) electrons. The van der Waals surface area contributed by atoms with Gasteiger partial charge in [0.15, 0.2) is 0 Å². The molecule has 0 saturated heterocycles. The number of thiazole rings is 2. The van der Waals surface area contributed by atoms with Crippen LogP contribution in [0.4, 0.5) is 26.3 Å². The maximum atomic E-state index is 12.8. The summed E-state index contributed by atoms with van der Waals surface area (Å²) in [7, 11) is 0. The highest BCUT2D eigenvalue weighted by molar-refractivity contribution is 7.15. The fourth-order valence-electron chi connectivity index (χ4n) is 5.79. The fraction of sp³-hybridized carbons (Fsp3) is 0.333. The standard InChI is InChI=1S/C23H20ClF3N2OS.C22H20Cl2F3NOS.C2H3N.CH4/c1-2-3-4-20-21(14-30-18-10-7-15(11-12-28)19(24)13-18)31-22(29-20)16-5-8-17(9-6-16)23(25,26)27;1-2-3-4-19-20(13-29-17-10-7-15(12-23)18(24)11-17)30-21(28-19)14-5-8-16(9-6-14)22(25,26)27;1-2-3;/h5-10,13H,2-4,11,14H2,1H3;5-11H,2-4,12-13H2,1H3;1H3;1H4. The molecule has 0 unspecified atom stereocenters. The average Bonchev–Trinajstić information content (AvgIpc) is 3.88. The van der Waals surface area contributed by atoms with E-state index in [1.54, 1.807) is 30.3 Å². The molecular formula is C48H47Cl3F6N4O2S2. The van der Waals surface area contributed by atoms with Crippen molar-refractivity contribution in [3.63, 3.8) is 0 Å². The van der Waals surface area contributed by atoms with Crippen molar-refractivity contribution in [2.75, 3.05) is 0 Å². The molecule has 0 fully saturated rings. The Kier molecular flexibility index (Phi) is 22.1. The second-order valence-corrected chi connectivity index (χ2v) is 17.2. The maximum absolute atomic E-state index is 12.8. The van der Waals surface area contributed by atoms with Gasteiger partial charge in [-0.25, -0.2) is 9.97 Å². The SMILES string of the molecule is C.CC#N.CCCCc1nc(-c2ccc(C(F)(F)F)cc2)sc1COc1ccc(CC#N)c(Cl)c1.CCCCc1nc(-c2ccc(C(F)(F)F)cc2)sc1COc1ccc(CCl)c(Cl)c1. The molecule has 0 atom stereocenters. The highest BCUT2D eigenvalue weighted by Gasteiger charge is 2.31. The Balaban J connectivity index is 0.000000321. The third kappa shape index (κ3) is 16.5. The van der Waals surface area contributed by atoms with Gasteiger partial charge in [0.2, 0.25) is 0 Å². The monoisotopic (exact) mass is 994 g/mol. The van der Waals surface area contributed by atoms with E-state index in [9.17, 15) is 26.3 Å². The summed E-state index contributed by atoms with van der Waals surface area (Å²) in [6.07, 6.45) is -2.98. The summed E-state index contributed by atoms with van der Waals surface area (Å²) in [6, 6.07) is 24.5. The molecule has 0 amide bonds. The van der Waals surface area contributed by atoms with Crippen LogP contribution in [0.25, 0.3) is 21.1 Å². The van der Waals surface area contributed by atoms with Crippen LogP contribution in [0.15, 0.2) is 84.9 Å². The first kappa shape index (κ1) is 54.5. The molecule has 0 spiro atoms. The molecular weight excluding hydrogens is 949 g/mol. The first-order chi connectivity index (χ1) is 30.5. The predicted molar refractivity (Wildman–Crippen MR) is 251 cm³/mol. The van der Waals surface area contributed by atoms with Crippen LogP contribution in [0, 0.1) is 22.7 Å². The number of benzene rings is 4. The lowest BCUT2D eigenvalue weighted by Crippen LogP contribution is -2.03. The second kappa shape index (κ2) is 26.3. The van der Waals surface area contributed by atoms with E-state index in [4.69, 9.17) is 54.8 Å². The fourth-order valence-corrected chi connectivity index (χ4v) is 8.62. The van der Waals surface area contributed by atoms with Crippen molar-refractivity contribution in [1.29, 1.82) is 10.5 Å². The van der Waals surface area contributed by atoms with E-state index in [2.05, 4.69) is 29.9 Å². The summed E-state index contributed by atoms with van der Waals surface area (Å²) < 4.78 is 88.8. The van der Waals surface area contributed by atoms with Crippen LogP contribution in [0.2, 0.25) is 10.0 Å². The molecule has 0 saturated carbocycles. The zero-order chi connectivity index (χ0) is 46.9. The Morgan fingerprint density at radius 1 is 0.631 bits per heavy atom. The number of unbranched alkanes of at least 4 members (excludes halogenated alkanes) is 2. The molecule has 0 aliphatic rings. The summed E-state index contributed by atoms with van der Waals surface area (Å²) >= 11 is 21.1. The first-order valence-corrected chi connectivity index (χ1v) is 22.9. The Labute approximate surface area is 399 Å². The van der Waals surface area contributed by atoms with E-state index in [0.29, 0.717) is 55.2 Å². The van der Waals surface area contributed by atoms with E-state index in [1.807, 2.05) is 12.1 Å². The van der Waals surface area contributed by atoms with Gasteiger partial charge in [-0.05, 0) is 85.3 Å². The van der Waals surface area contributed by atoms with Crippen molar-refractivity contribution >= 4 is 57.5 Å². The number of nitrogens with zero attached hydrogens (tertiary/aromatic N) is 4. The summed E-state index contributed by atoms with van der Waals surface area (Å²) in [5.41, 5.74) is 3.33. The molecule has 17 heteroatoms. The topological polar surface area (TPSA) is 91.8 Å². The van der Waals surface area contributed by atoms with E-state index in [-0.39, 0.29) is 20.5 Å². The molecule has 2 heterocycles. The number of aromatic nitrogens is 2. The molecule has 0 aliphatic heterocycles. The number of hydrogen-bond acceptors (Lipinski definition) is 8. The normalized spacial score (nSPS) is 10.9. The minimum atomic E-state index is -4.36. The first-order valence-electron chi connectivity index (χ1n) is 19.9. The number of halogens is 9. The number of ether oxygens (including phenoxy) is 2. The maximum Gasteiger partial charge on any atom is 0.416 e. The predicted octanol–water partition coefficient (Wildman–Crippen LogP) is 16.8. The van der Waals surface area contributed by atoms with E-state index in [1.165, 1.54) is 53.9 Å². The van der Waals surface area contributed by atoms with Gasteiger partial charge in [-0.2, -0.15) is 36.9 Å². The lowest BCUT2D eigenvalue weighted by atomic mass is 10.1. The third-order valence-electron chi connectivity index (χ3n) is 9.21. The van der Waals surface area contributed by atoms with E-state index < -0.39 is 23.5 Å². The van der Waals surface area contributed by atoms with Gasteiger partial charge in [0.05, 0.1) is 50.8 Å². The molecule has 0 N–H and O–H groups in total. The van der Waals surface area contributed by atoms with Crippen molar-refractivity contribution < 1.29 is 35.8 Å². The smallest absolute Gasteiger partial charge is 0.416 e. The zero-order valence-electron chi connectivity index (χ0n) is 35.0. The number of hydrogen-bond donors (Lipinski definition) is 0. The van der Waals surface area contributed by atoms with Gasteiger partial charge in [0.1, 0.15) is 34.7 Å². The summed E-state index contributed by atoms with van der Waals surface area (Å²) in [5, 5.41) is 18.5. The van der Waals surface area contributed by atoms with Gasteiger partial charge in [-0.15, -0.1) is 34.3 Å². The molecule has 0 bridgehead atoms. The quantitative estimate of drug-likeness (QED) is 0.0708. The largest absolute Gasteiger partial charge is 0.488 e. The van der Waals surface area contributed by atoms with Crippen molar-refractivity contribution in [3.8, 4) is 44.8 Å². The number of alkyl halides is 7. The molecule has 0 aliphatic carbocycles. The number of rotatable bonds is 16. The highest BCUT2D eigenvalue weighted by atomic mass is 35.5. The summed E-state index contributed by atoms with van der Waals surface area (Å²) in [6.45, 7) is 6.21. The van der Waals surface area contributed by atoms with Crippen molar-refractivity contribution in [2.45, 2.75) is 105 Å². The van der Waals surface area contributed by atoms with Crippen LogP contribution in [0.3, 0.4) is 0 Å². The van der Waals surface area contributed by atoms with E-state index in [0.717, 1.165) is 95.1 Å². The number of aryl methyl sites for hydroxylation is 2. The van der Waals surface area contributed by atoms with Gasteiger partial charge >= 0.3 is 12.4 Å². The Bertz CT molecular complexity index is 2500. The van der Waals surface area contributed by atoms with Crippen LogP contribution in [-0.2, 0) is 50.7 Å². The minimum Gasteiger partial charge on any atom is -0.488 e. The van der Waals surface area contributed by atoms with Crippen molar-refractivity contribution in [2.24, 2.45) is 0 Å². The van der Waals surface area contributed by atoms with Crippen LogP contribution in [0.1, 0.15) is 97.3 Å². The third-order valence-corrected chi connectivity index (χ3v) is 12.4. The van der Waals surface area contributed by atoms with E-state index >= 15 is 0 Å².